The SMILES string of the molecule is [2H]C([2H])([2H])c1c[c-]c(-c2cc(C)c(C(C)C)cn2)cc1.[2H]c1nc(-c2[c-]cc([2H])c3c2oc2c([2H])c([2H])c([2H])c(C([2H])(C)C)c23)c([2H])c([2H])c1[2H].[Ir]. The van der Waals surface area contributed by atoms with Crippen LogP contribution in [0, 0.1) is 25.9 Å². The molecule has 1 radical (unpaired) electrons. The number of hydrogen-bond donors (Lipinski definition) is 0. The van der Waals surface area contributed by atoms with Gasteiger partial charge in [-0.05, 0) is 54.7 Å². The molecule has 0 bridgehead atoms. The molecule has 0 aliphatic carbocycles. The second-order valence-electron chi connectivity index (χ2n) is 9.59. The maximum Gasteiger partial charge on any atom is 0.121 e. The van der Waals surface area contributed by atoms with Crippen molar-refractivity contribution in [1.29, 1.82) is 0 Å². The van der Waals surface area contributed by atoms with Gasteiger partial charge in [0, 0.05) is 43.3 Å². The van der Waals surface area contributed by atoms with Gasteiger partial charge in [-0.1, -0.05) is 81.3 Å². The number of benzene rings is 3. The third-order valence-corrected chi connectivity index (χ3v) is 6.25. The van der Waals surface area contributed by atoms with Crippen molar-refractivity contribution in [2.45, 2.75) is 53.3 Å². The molecule has 3 aromatic carbocycles. The Balaban J connectivity index is 0.000000250. The third kappa shape index (κ3) is 6.09. The first kappa shape index (κ1) is 17.3. The number of hydrogen-bond acceptors (Lipinski definition) is 3. The van der Waals surface area contributed by atoms with E-state index in [4.69, 9.17) is 20.9 Å². The van der Waals surface area contributed by atoms with Crippen LogP contribution in [0.15, 0.2) is 89.4 Å². The van der Waals surface area contributed by atoms with Crippen LogP contribution in [0.4, 0.5) is 0 Å². The van der Waals surface area contributed by atoms with Crippen molar-refractivity contribution >= 4 is 21.9 Å². The molecular weight excluding hydrogens is 669 g/mol. The van der Waals surface area contributed by atoms with E-state index < -0.39 is 43.1 Å². The first-order chi connectivity index (χ1) is 23.6. The van der Waals surface area contributed by atoms with Gasteiger partial charge in [0.2, 0.25) is 0 Å². The molecular formula is C36H34IrN2O-2. The number of furan rings is 1. The molecule has 3 heterocycles. The monoisotopic (exact) mass is 715 g/mol. The smallest absolute Gasteiger partial charge is 0.121 e. The van der Waals surface area contributed by atoms with Gasteiger partial charge >= 0.3 is 0 Å². The van der Waals surface area contributed by atoms with Crippen LogP contribution >= 0.6 is 0 Å². The van der Waals surface area contributed by atoms with Crippen molar-refractivity contribution in [2.24, 2.45) is 0 Å². The quantitative estimate of drug-likeness (QED) is 0.171. The molecule has 4 heteroatoms. The Morgan fingerprint density at radius 3 is 2.50 bits per heavy atom. The maximum atomic E-state index is 8.49. The summed E-state index contributed by atoms with van der Waals surface area (Å²) < 4.78 is 101. The fourth-order valence-electron chi connectivity index (χ4n) is 4.33. The minimum Gasteiger partial charge on any atom is -0.501 e. The Hall–Kier alpha value is -3.59. The second-order valence-corrected chi connectivity index (χ2v) is 9.59. The van der Waals surface area contributed by atoms with Crippen LogP contribution in [0.1, 0.15) is 78.2 Å². The largest absolute Gasteiger partial charge is 0.501 e. The second kappa shape index (κ2) is 12.7. The van der Waals surface area contributed by atoms with Crippen molar-refractivity contribution in [3.63, 3.8) is 0 Å². The Labute approximate surface area is 267 Å². The first-order valence-corrected chi connectivity index (χ1v) is 12.5. The van der Waals surface area contributed by atoms with Crippen LogP contribution in [-0.4, -0.2) is 9.97 Å². The normalized spacial score (nSPS) is 15.8. The van der Waals surface area contributed by atoms with E-state index in [1.54, 1.807) is 12.1 Å². The fraction of sp³-hybridized carbons (Fsp3) is 0.222. The van der Waals surface area contributed by atoms with Gasteiger partial charge in [0.05, 0.1) is 15.2 Å². The maximum absolute atomic E-state index is 8.49. The molecule has 3 aromatic heterocycles. The fourth-order valence-corrected chi connectivity index (χ4v) is 4.33. The Bertz CT molecular complexity index is 2310. The van der Waals surface area contributed by atoms with Gasteiger partial charge in [-0.15, -0.1) is 53.6 Å². The van der Waals surface area contributed by atoms with Gasteiger partial charge in [-0.2, -0.15) is 0 Å². The summed E-state index contributed by atoms with van der Waals surface area (Å²) in [7, 11) is 0. The van der Waals surface area contributed by atoms with E-state index in [9.17, 15) is 0 Å². The van der Waals surface area contributed by atoms with Crippen molar-refractivity contribution in [2.75, 3.05) is 0 Å². The summed E-state index contributed by atoms with van der Waals surface area (Å²) in [6.07, 6.45) is 1.39. The van der Waals surface area contributed by atoms with Crippen LogP contribution in [0.5, 0.6) is 0 Å². The number of pyridine rings is 2. The van der Waals surface area contributed by atoms with Crippen LogP contribution < -0.4 is 0 Å². The van der Waals surface area contributed by atoms with E-state index >= 15 is 0 Å². The number of aromatic nitrogens is 2. The molecule has 0 amide bonds. The average molecular weight is 715 g/mol. The molecule has 0 fully saturated rings. The predicted octanol–water partition coefficient (Wildman–Crippen LogP) is 9.86. The molecule has 0 aliphatic rings. The summed E-state index contributed by atoms with van der Waals surface area (Å²) in [5, 5.41) is 0.373. The van der Waals surface area contributed by atoms with Crippen LogP contribution in [0.2, 0.25) is 0 Å². The van der Waals surface area contributed by atoms with E-state index in [1.807, 2.05) is 12.3 Å². The van der Waals surface area contributed by atoms with Crippen LogP contribution in [0.3, 0.4) is 0 Å². The summed E-state index contributed by atoms with van der Waals surface area (Å²) >= 11 is 0. The molecule has 0 aliphatic heterocycles. The molecule has 0 unspecified atom stereocenters. The van der Waals surface area contributed by atoms with E-state index in [0.29, 0.717) is 11.5 Å². The predicted molar refractivity (Wildman–Crippen MR) is 162 cm³/mol. The van der Waals surface area contributed by atoms with Crippen molar-refractivity contribution < 1.29 is 41.0 Å². The molecule has 6 rings (SSSR count). The molecule has 0 spiro atoms. The van der Waals surface area contributed by atoms with Gasteiger partial charge in [-0.3, -0.25) is 0 Å². The van der Waals surface area contributed by atoms with Crippen molar-refractivity contribution in [3.05, 3.63) is 119 Å². The van der Waals surface area contributed by atoms with E-state index in [1.165, 1.54) is 37.1 Å². The Morgan fingerprint density at radius 2 is 1.80 bits per heavy atom. The Kier molecular flexibility index (Phi) is 5.49. The van der Waals surface area contributed by atoms with Crippen LogP contribution in [-0.2, 0) is 20.1 Å². The summed E-state index contributed by atoms with van der Waals surface area (Å²) in [4.78, 5) is 8.39. The van der Waals surface area contributed by atoms with Crippen molar-refractivity contribution in [1.82, 2.24) is 9.97 Å². The molecule has 40 heavy (non-hydrogen) atoms. The van der Waals surface area contributed by atoms with E-state index in [0.717, 1.165) is 11.3 Å². The van der Waals surface area contributed by atoms with Crippen LogP contribution in [0.25, 0.3) is 44.5 Å². The summed E-state index contributed by atoms with van der Waals surface area (Å²) in [6, 6.07) is 11.5. The standard InChI is InChI=1S/C20H16NO.C16H18N.Ir/c1-13(2)14-7-6-11-18-19(14)16-9-5-8-15(20(16)22-18)17-10-3-4-12-21-17;1-11(2)15-10-17-16(9-13(15)4)14-7-5-12(3)6-8-14;/h3-7,9-13H,1-2H3;5-7,9-11H,1-4H3;/q2*-1;/i3D,4D,6D,7D,9D,10D,11D,12D,13D;3D3;. The first-order valence-electron chi connectivity index (χ1n) is 18.5. The zero-order chi connectivity index (χ0) is 37.9. The van der Waals surface area contributed by atoms with Gasteiger partial charge in [-0.25, -0.2) is 0 Å². The third-order valence-electron chi connectivity index (χ3n) is 6.25. The average Bonchev–Trinajstić information content (AvgIpc) is 3.45. The zero-order valence-corrected chi connectivity index (χ0v) is 25.1. The van der Waals surface area contributed by atoms with Gasteiger partial charge < -0.3 is 14.4 Å². The molecule has 0 N–H and O–H groups in total. The number of rotatable bonds is 4. The molecule has 0 saturated heterocycles. The molecule has 0 atom stereocenters. The molecule has 3 nitrogen and oxygen atoms in total. The Morgan fingerprint density at radius 1 is 0.950 bits per heavy atom. The minimum absolute atomic E-state index is 0. The summed E-state index contributed by atoms with van der Waals surface area (Å²) in [5.74, 6) is -0.894. The summed E-state index contributed by atoms with van der Waals surface area (Å²) in [6.45, 7) is 7.34. The van der Waals surface area contributed by atoms with Gasteiger partial charge in [0.25, 0.3) is 0 Å². The number of nitrogens with zero attached hydrogens (tertiary/aromatic N) is 2. The molecule has 205 valence electrons. The zero-order valence-electron chi connectivity index (χ0n) is 34.7. The minimum atomic E-state index is -2.08. The number of aryl methyl sites for hydroxylation is 2. The van der Waals surface area contributed by atoms with Gasteiger partial charge in [0.1, 0.15) is 5.58 Å². The summed E-state index contributed by atoms with van der Waals surface area (Å²) in [5.41, 5.74) is 4.37. The topological polar surface area (TPSA) is 38.9 Å². The molecule has 6 aromatic rings. The van der Waals surface area contributed by atoms with Crippen molar-refractivity contribution in [3.8, 4) is 22.5 Å². The van der Waals surface area contributed by atoms with E-state index in [-0.39, 0.29) is 77.0 Å². The number of fused-ring (bicyclic) bond motifs is 3. The van der Waals surface area contributed by atoms with Gasteiger partial charge in [0.15, 0.2) is 0 Å². The van der Waals surface area contributed by atoms with E-state index in [2.05, 4.69) is 42.9 Å². The molecule has 0 saturated carbocycles.